The van der Waals surface area contributed by atoms with E-state index in [0.717, 1.165) is 51.4 Å². The molecule has 9 heteroatoms. The Hall–Kier alpha value is -1.02. The lowest BCUT2D eigenvalue weighted by molar-refractivity contribution is -0.870. The first-order chi connectivity index (χ1) is 34.0. The van der Waals surface area contributed by atoms with Gasteiger partial charge < -0.3 is 28.8 Å². The van der Waals surface area contributed by atoms with Gasteiger partial charge in [0.25, 0.3) is 7.82 Å². The number of hydrogen-bond donors (Lipinski definition) is 2. The first-order valence-electron chi connectivity index (χ1n) is 30.7. The van der Waals surface area contributed by atoms with Crippen molar-refractivity contribution in [3.8, 4) is 0 Å². The summed E-state index contributed by atoms with van der Waals surface area (Å²) < 4.78 is 23.4. The van der Waals surface area contributed by atoms with Gasteiger partial charge in [0, 0.05) is 6.42 Å². The highest BCUT2D eigenvalue weighted by atomic mass is 31.2. The molecule has 0 aromatic carbocycles. The molecule has 2 N–H and O–H groups in total. The van der Waals surface area contributed by atoms with Gasteiger partial charge in [0.05, 0.1) is 39.9 Å². The number of quaternary nitrogens is 1. The SMILES string of the molecule is CCCCCC/C=C\C/C=C\CCCCCCCCCC(=O)NC(COP(=O)([O-])OCC[N+](C)(C)C)C(O)CCCCCCCCCCCCCCCCCCCCCCCCCCCCCCCC. The number of aliphatic hydroxyl groups excluding tert-OH is 1. The van der Waals surface area contributed by atoms with Crippen LogP contribution in [0, 0.1) is 0 Å². The zero-order valence-electron chi connectivity index (χ0n) is 47.5. The summed E-state index contributed by atoms with van der Waals surface area (Å²) in [7, 11) is 1.31. The van der Waals surface area contributed by atoms with Crippen LogP contribution in [0.15, 0.2) is 24.3 Å². The molecule has 0 saturated carbocycles. The molecule has 0 fully saturated rings. The summed E-state index contributed by atoms with van der Waals surface area (Å²) in [4.78, 5) is 25.5. The van der Waals surface area contributed by atoms with E-state index in [1.807, 2.05) is 21.1 Å². The van der Waals surface area contributed by atoms with Crippen molar-refractivity contribution in [3.63, 3.8) is 0 Å². The van der Waals surface area contributed by atoms with E-state index < -0.39 is 20.0 Å². The van der Waals surface area contributed by atoms with Crippen molar-refractivity contribution in [1.29, 1.82) is 0 Å². The van der Waals surface area contributed by atoms with Crippen molar-refractivity contribution in [2.75, 3.05) is 40.9 Å². The Morgan fingerprint density at radius 1 is 0.500 bits per heavy atom. The Morgan fingerprint density at radius 3 is 1.20 bits per heavy atom. The highest BCUT2D eigenvalue weighted by Crippen LogP contribution is 2.38. The molecule has 0 aliphatic carbocycles. The third-order valence-electron chi connectivity index (χ3n) is 14.2. The van der Waals surface area contributed by atoms with Crippen LogP contribution in [-0.2, 0) is 18.4 Å². The van der Waals surface area contributed by atoms with Crippen molar-refractivity contribution in [3.05, 3.63) is 24.3 Å². The Bertz CT molecular complexity index is 1190. The minimum atomic E-state index is -4.58. The summed E-state index contributed by atoms with van der Waals surface area (Å²) in [5, 5.41) is 14.0. The molecule has 0 aromatic heterocycles. The van der Waals surface area contributed by atoms with E-state index in [2.05, 4.69) is 43.5 Å². The van der Waals surface area contributed by atoms with E-state index in [1.54, 1.807) is 0 Å². The average Bonchev–Trinajstić information content (AvgIpc) is 3.32. The number of amides is 1. The molecule has 70 heavy (non-hydrogen) atoms. The van der Waals surface area contributed by atoms with Gasteiger partial charge in [-0.2, -0.15) is 0 Å². The number of nitrogens with zero attached hydrogens (tertiary/aromatic N) is 1. The maximum atomic E-state index is 13.0. The van der Waals surface area contributed by atoms with Crippen molar-refractivity contribution in [2.45, 2.75) is 321 Å². The van der Waals surface area contributed by atoms with Gasteiger partial charge in [0.1, 0.15) is 13.2 Å². The number of phosphoric acid groups is 1. The van der Waals surface area contributed by atoms with Gasteiger partial charge in [-0.3, -0.25) is 9.36 Å². The quantitative estimate of drug-likeness (QED) is 0.0272. The van der Waals surface area contributed by atoms with Gasteiger partial charge in [-0.1, -0.05) is 282 Å². The fourth-order valence-electron chi connectivity index (χ4n) is 9.37. The number of allylic oxidation sites excluding steroid dienone is 4. The van der Waals surface area contributed by atoms with Gasteiger partial charge in [-0.15, -0.1) is 0 Å². The molecule has 0 aliphatic heterocycles. The van der Waals surface area contributed by atoms with Crippen LogP contribution in [0.5, 0.6) is 0 Å². The number of aliphatic hydroxyl groups is 1. The molecule has 0 heterocycles. The predicted molar refractivity (Wildman–Crippen MR) is 302 cm³/mol. The van der Waals surface area contributed by atoms with E-state index in [4.69, 9.17) is 9.05 Å². The lowest BCUT2D eigenvalue weighted by Gasteiger charge is -2.30. The number of carbonyl (C=O) groups is 1. The molecule has 3 unspecified atom stereocenters. The normalized spacial score (nSPS) is 14.0. The van der Waals surface area contributed by atoms with Crippen LogP contribution in [0.4, 0.5) is 0 Å². The van der Waals surface area contributed by atoms with Gasteiger partial charge in [0.2, 0.25) is 5.91 Å². The van der Waals surface area contributed by atoms with Crippen molar-refractivity contribution >= 4 is 13.7 Å². The van der Waals surface area contributed by atoms with Crippen LogP contribution >= 0.6 is 7.82 Å². The topological polar surface area (TPSA) is 108 Å². The molecule has 8 nitrogen and oxygen atoms in total. The zero-order chi connectivity index (χ0) is 51.3. The molecule has 0 aliphatic rings. The van der Waals surface area contributed by atoms with E-state index in [9.17, 15) is 19.4 Å². The highest BCUT2D eigenvalue weighted by molar-refractivity contribution is 7.45. The summed E-state index contributed by atoms with van der Waals surface area (Å²) in [5.74, 6) is -0.168. The number of unbranched alkanes of at least 4 members (excludes halogenated alkanes) is 40. The Kier molecular flexibility index (Phi) is 52.1. The minimum absolute atomic E-state index is 0.0117. The molecule has 1 amide bonds. The second kappa shape index (κ2) is 52.8. The Balaban J connectivity index is 4.06. The molecule has 0 saturated heterocycles. The molecular weight excluding hydrogens is 888 g/mol. The molecular formula is C61H121N2O6P. The molecule has 0 radical (unpaired) electrons. The van der Waals surface area contributed by atoms with E-state index in [-0.39, 0.29) is 19.1 Å². The van der Waals surface area contributed by atoms with Gasteiger partial charge in [-0.05, 0) is 44.9 Å². The van der Waals surface area contributed by atoms with Gasteiger partial charge in [0.15, 0.2) is 0 Å². The molecule has 416 valence electrons. The van der Waals surface area contributed by atoms with E-state index >= 15 is 0 Å². The number of rotatable bonds is 57. The van der Waals surface area contributed by atoms with E-state index in [1.165, 1.54) is 231 Å². The molecule has 0 rings (SSSR count). The van der Waals surface area contributed by atoms with Crippen LogP contribution in [-0.4, -0.2) is 68.5 Å². The second-order valence-electron chi connectivity index (χ2n) is 22.4. The number of phosphoric ester groups is 1. The smallest absolute Gasteiger partial charge is 0.268 e. The first-order valence-corrected chi connectivity index (χ1v) is 32.1. The summed E-state index contributed by atoms with van der Waals surface area (Å²) in [6, 6.07) is -0.805. The fraction of sp³-hybridized carbons (Fsp3) is 0.918. The molecule has 0 bridgehead atoms. The summed E-state index contributed by atoms with van der Waals surface area (Å²) >= 11 is 0. The summed E-state index contributed by atoms with van der Waals surface area (Å²) in [6.07, 6.45) is 66.5. The third-order valence-corrected chi connectivity index (χ3v) is 15.2. The number of hydrogen-bond acceptors (Lipinski definition) is 6. The van der Waals surface area contributed by atoms with Crippen molar-refractivity contribution in [1.82, 2.24) is 5.32 Å². The lowest BCUT2D eigenvalue weighted by Crippen LogP contribution is -2.46. The fourth-order valence-corrected chi connectivity index (χ4v) is 10.1. The Labute approximate surface area is 436 Å². The second-order valence-corrected chi connectivity index (χ2v) is 23.8. The predicted octanol–water partition coefficient (Wildman–Crippen LogP) is 18.1. The summed E-state index contributed by atoms with van der Waals surface area (Å²) in [6.45, 7) is 4.74. The maximum Gasteiger partial charge on any atom is 0.268 e. The van der Waals surface area contributed by atoms with Crippen LogP contribution < -0.4 is 10.2 Å². The van der Waals surface area contributed by atoms with E-state index in [0.29, 0.717) is 23.9 Å². The van der Waals surface area contributed by atoms with Crippen LogP contribution in [0.25, 0.3) is 0 Å². The number of nitrogens with one attached hydrogen (secondary N) is 1. The minimum Gasteiger partial charge on any atom is -0.756 e. The number of likely N-dealkylation sites (N-methyl/N-ethyl adjacent to an activating group) is 1. The maximum absolute atomic E-state index is 13.0. The van der Waals surface area contributed by atoms with Gasteiger partial charge >= 0.3 is 0 Å². The van der Waals surface area contributed by atoms with Gasteiger partial charge in [-0.25, -0.2) is 0 Å². The standard InChI is InChI=1S/C61H121N2O6P/c1-6-8-10-12-14-16-18-20-22-24-26-27-28-29-30-31-32-33-34-35-36-37-38-40-42-44-46-48-50-52-54-60(64)59(58-69-70(66,67)68-57-56-63(3,4)5)62-61(65)55-53-51-49-47-45-43-41-39-25-23-21-19-17-15-13-11-9-7-2/h17,19,23,25,59-60,64H,6-16,18,20-22,24,26-58H2,1-5H3,(H-,62,65,66,67)/b19-17-,25-23-. The zero-order valence-corrected chi connectivity index (χ0v) is 48.4. The molecule has 3 atom stereocenters. The monoisotopic (exact) mass is 1010 g/mol. The Morgan fingerprint density at radius 2 is 0.829 bits per heavy atom. The third kappa shape index (κ3) is 54.7. The summed E-state index contributed by atoms with van der Waals surface area (Å²) in [5.41, 5.74) is 0. The van der Waals surface area contributed by atoms with Crippen molar-refractivity contribution in [2.24, 2.45) is 0 Å². The van der Waals surface area contributed by atoms with Crippen LogP contribution in [0.3, 0.4) is 0 Å². The lowest BCUT2D eigenvalue weighted by atomic mass is 10.0. The van der Waals surface area contributed by atoms with Crippen molar-refractivity contribution < 1.29 is 32.9 Å². The number of carbonyl (C=O) groups excluding carboxylic acids is 1. The van der Waals surface area contributed by atoms with Crippen LogP contribution in [0.1, 0.15) is 309 Å². The highest BCUT2D eigenvalue weighted by Gasteiger charge is 2.24. The largest absolute Gasteiger partial charge is 0.756 e. The molecule has 0 spiro atoms. The first kappa shape index (κ1) is 69.0. The molecule has 0 aromatic rings. The average molecular weight is 1010 g/mol. The van der Waals surface area contributed by atoms with Crippen LogP contribution in [0.2, 0.25) is 0 Å².